The van der Waals surface area contributed by atoms with E-state index in [-0.39, 0.29) is 6.61 Å². The van der Waals surface area contributed by atoms with E-state index in [4.69, 9.17) is 9.84 Å². The van der Waals surface area contributed by atoms with Crippen molar-refractivity contribution in [2.45, 2.75) is 31.7 Å². The Labute approximate surface area is 86.0 Å². The third-order valence-electron chi connectivity index (χ3n) is 3.01. The van der Waals surface area contributed by atoms with E-state index in [0.29, 0.717) is 6.61 Å². The van der Waals surface area contributed by atoms with Crippen LogP contribution in [0.1, 0.15) is 25.7 Å². The van der Waals surface area contributed by atoms with Crippen LogP contribution in [0, 0.1) is 5.92 Å². The summed E-state index contributed by atoms with van der Waals surface area (Å²) in [6.07, 6.45) is 5.63. The highest BCUT2D eigenvalue weighted by Crippen LogP contribution is 2.34. The van der Waals surface area contributed by atoms with Gasteiger partial charge in [-0.1, -0.05) is 0 Å². The van der Waals surface area contributed by atoms with E-state index in [9.17, 15) is 0 Å². The van der Waals surface area contributed by atoms with Crippen molar-refractivity contribution < 1.29 is 9.84 Å². The average molecular weight is 199 g/mol. The van der Waals surface area contributed by atoms with Gasteiger partial charge in [-0.05, 0) is 31.6 Å². The lowest BCUT2D eigenvalue weighted by Gasteiger charge is -2.21. The zero-order valence-corrected chi connectivity index (χ0v) is 8.82. The SMILES string of the molecule is OCCOCCN(CC1CC1)C1CC1. The Morgan fingerprint density at radius 3 is 2.50 bits per heavy atom. The molecule has 0 aromatic heterocycles. The van der Waals surface area contributed by atoms with Gasteiger partial charge in [0.15, 0.2) is 0 Å². The molecule has 2 fully saturated rings. The van der Waals surface area contributed by atoms with Crippen molar-refractivity contribution in [2.24, 2.45) is 5.92 Å². The zero-order chi connectivity index (χ0) is 9.80. The van der Waals surface area contributed by atoms with E-state index in [0.717, 1.165) is 25.1 Å². The molecule has 0 aromatic carbocycles. The maximum atomic E-state index is 8.57. The van der Waals surface area contributed by atoms with Crippen LogP contribution >= 0.6 is 0 Å². The Hall–Kier alpha value is -0.120. The highest BCUT2D eigenvalue weighted by Gasteiger charge is 2.33. The summed E-state index contributed by atoms with van der Waals surface area (Å²) in [6, 6.07) is 0.855. The van der Waals surface area contributed by atoms with Gasteiger partial charge in [0.25, 0.3) is 0 Å². The topological polar surface area (TPSA) is 32.7 Å². The first kappa shape index (κ1) is 10.4. The van der Waals surface area contributed by atoms with Crippen LogP contribution in [-0.4, -0.2) is 49.0 Å². The van der Waals surface area contributed by atoms with Gasteiger partial charge in [-0.3, -0.25) is 4.90 Å². The molecular weight excluding hydrogens is 178 g/mol. The predicted molar refractivity (Wildman–Crippen MR) is 55.2 cm³/mol. The number of hydrogen-bond acceptors (Lipinski definition) is 3. The molecule has 0 bridgehead atoms. The largest absolute Gasteiger partial charge is 0.394 e. The molecule has 82 valence electrons. The molecule has 0 aromatic rings. The van der Waals surface area contributed by atoms with E-state index in [2.05, 4.69) is 4.90 Å². The van der Waals surface area contributed by atoms with Crippen molar-refractivity contribution in [3.05, 3.63) is 0 Å². The van der Waals surface area contributed by atoms with Crippen LogP contribution in [0.3, 0.4) is 0 Å². The van der Waals surface area contributed by atoms with Crippen molar-refractivity contribution in [2.75, 3.05) is 32.9 Å². The van der Waals surface area contributed by atoms with Crippen LogP contribution in [0.4, 0.5) is 0 Å². The Balaban J connectivity index is 1.57. The smallest absolute Gasteiger partial charge is 0.0698 e. The molecule has 2 aliphatic rings. The van der Waals surface area contributed by atoms with Crippen molar-refractivity contribution in [3.63, 3.8) is 0 Å². The van der Waals surface area contributed by atoms with E-state index < -0.39 is 0 Å². The molecule has 1 N–H and O–H groups in total. The molecule has 2 saturated carbocycles. The second-order valence-corrected chi connectivity index (χ2v) is 4.51. The van der Waals surface area contributed by atoms with Gasteiger partial charge in [0.2, 0.25) is 0 Å². The van der Waals surface area contributed by atoms with Gasteiger partial charge in [-0.2, -0.15) is 0 Å². The molecule has 3 nitrogen and oxygen atoms in total. The monoisotopic (exact) mass is 199 g/mol. The molecule has 0 saturated heterocycles. The molecule has 0 atom stereocenters. The molecule has 0 amide bonds. The summed E-state index contributed by atoms with van der Waals surface area (Å²) < 4.78 is 5.30. The van der Waals surface area contributed by atoms with Crippen LogP contribution in [0.25, 0.3) is 0 Å². The van der Waals surface area contributed by atoms with E-state index >= 15 is 0 Å². The summed E-state index contributed by atoms with van der Waals surface area (Å²) in [7, 11) is 0. The summed E-state index contributed by atoms with van der Waals surface area (Å²) in [5.41, 5.74) is 0. The van der Waals surface area contributed by atoms with E-state index in [1.807, 2.05) is 0 Å². The molecule has 0 aliphatic heterocycles. The van der Waals surface area contributed by atoms with Crippen LogP contribution in [0.15, 0.2) is 0 Å². The normalized spacial score (nSPS) is 21.9. The highest BCUT2D eigenvalue weighted by atomic mass is 16.5. The van der Waals surface area contributed by atoms with Gasteiger partial charge in [-0.25, -0.2) is 0 Å². The molecule has 14 heavy (non-hydrogen) atoms. The van der Waals surface area contributed by atoms with Crippen molar-refractivity contribution in [1.29, 1.82) is 0 Å². The maximum Gasteiger partial charge on any atom is 0.0698 e. The van der Waals surface area contributed by atoms with Crippen LogP contribution < -0.4 is 0 Å². The second kappa shape index (κ2) is 5.10. The Morgan fingerprint density at radius 2 is 1.93 bits per heavy atom. The van der Waals surface area contributed by atoms with Gasteiger partial charge < -0.3 is 9.84 Å². The van der Waals surface area contributed by atoms with Crippen LogP contribution in [0.2, 0.25) is 0 Å². The Kier molecular flexibility index (Phi) is 3.79. The Morgan fingerprint density at radius 1 is 1.14 bits per heavy atom. The van der Waals surface area contributed by atoms with Gasteiger partial charge >= 0.3 is 0 Å². The molecule has 2 aliphatic carbocycles. The minimum atomic E-state index is 0.145. The van der Waals surface area contributed by atoms with Gasteiger partial charge in [0.05, 0.1) is 19.8 Å². The minimum absolute atomic E-state index is 0.145. The van der Waals surface area contributed by atoms with Crippen LogP contribution in [0.5, 0.6) is 0 Å². The first-order valence-electron chi connectivity index (χ1n) is 5.83. The molecule has 0 unspecified atom stereocenters. The summed E-state index contributed by atoms with van der Waals surface area (Å²) >= 11 is 0. The number of rotatable bonds is 8. The lowest BCUT2D eigenvalue weighted by molar-refractivity contribution is 0.0708. The fourth-order valence-corrected chi connectivity index (χ4v) is 1.84. The lowest BCUT2D eigenvalue weighted by Crippen LogP contribution is -2.32. The van der Waals surface area contributed by atoms with E-state index in [1.165, 1.54) is 32.2 Å². The lowest BCUT2D eigenvalue weighted by atomic mass is 10.3. The third-order valence-corrected chi connectivity index (χ3v) is 3.01. The summed E-state index contributed by atoms with van der Waals surface area (Å²) in [5, 5.41) is 8.57. The quantitative estimate of drug-likeness (QED) is 0.589. The van der Waals surface area contributed by atoms with Crippen LogP contribution in [-0.2, 0) is 4.74 Å². The first-order chi connectivity index (χ1) is 6.90. The number of hydrogen-bond donors (Lipinski definition) is 1. The molecule has 0 spiro atoms. The number of aliphatic hydroxyl groups excluding tert-OH is 1. The maximum absolute atomic E-state index is 8.57. The molecule has 0 radical (unpaired) electrons. The fourth-order valence-electron chi connectivity index (χ4n) is 1.84. The van der Waals surface area contributed by atoms with Gasteiger partial charge in [0.1, 0.15) is 0 Å². The fraction of sp³-hybridized carbons (Fsp3) is 1.00. The molecule has 2 rings (SSSR count). The highest BCUT2D eigenvalue weighted by molar-refractivity contribution is 4.88. The second-order valence-electron chi connectivity index (χ2n) is 4.51. The molecule has 3 heteroatoms. The van der Waals surface area contributed by atoms with Gasteiger partial charge in [0, 0.05) is 19.1 Å². The number of nitrogens with zero attached hydrogens (tertiary/aromatic N) is 1. The van der Waals surface area contributed by atoms with Crippen molar-refractivity contribution >= 4 is 0 Å². The predicted octanol–water partition coefficient (Wildman–Crippen LogP) is 0.870. The average Bonchev–Trinajstić information content (AvgIpc) is 3.02. The summed E-state index contributed by atoms with van der Waals surface area (Å²) in [6.45, 7) is 3.76. The third kappa shape index (κ3) is 3.56. The Bertz CT molecular complexity index is 167. The van der Waals surface area contributed by atoms with Crippen molar-refractivity contribution in [1.82, 2.24) is 4.90 Å². The van der Waals surface area contributed by atoms with E-state index in [1.54, 1.807) is 0 Å². The van der Waals surface area contributed by atoms with Crippen molar-refractivity contribution in [3.8, 4) is 0 Å². The standard InChI is InChI=1S/C11H21NO2/c13-6-8-14-7-5-12(11-3-4-11)9-10-1-2-10/h10-11,13H,1-9H2. The zero-order valence-electron chi connectivity index (χ0n) is 8.82. The van der Waals surface area contributed by atoms with Gasteiger partial charge in [-0.15, -0.1) is 0 Å². The molecular formula is C11H21NO2. The first-order valence-corrected chi connectivity index (χ1v) is 5.83. The number of aliphatic hydroxyl groups is 1. The number of ether oxygens (including phenoxy) is 1. The summed E-state index contributed by atoms with van der Waals surface area (Å²) in [4.78, 5) is 2.58. The summed E-state index contributed by atoms with van der Waals surface area (Å²) in [5.74, 6) is 0.980. The minimum Gasteiger partial charge on any atom is -0.394 e. The molecule has 0 heterocycles.